The molecule has 1 heterocycles. The summed E-state index contributed by atoms with van der Waals surface area (Å²) in [7, 11) is 3.37. The second-order valence-corrected chi connectivity index (χ2v) is 9.19. The van der Waals surface area contributed by atoms with Crippen molar-refractivity contribution in [3.8, 4) is 11.8 Å². The van der Waals surface area contributed by atoms with E-state index in [9.17, 15) is 4.79 Å². The summed E-state index contributed by atoms with van der Waals surface area (Å²) >= 11 is 4.51. The highest BCUT2D eigenvalue weighted by Crippen LogP contribution is 2.33. The van der Waals surface area contributed by atoms with Gasteiger partial charge < -0.3 is 9.64 Å². The van der Waals surface area contributed by atoms with Crippen LogP contribution < -0.4 is 4.74 Å². The zero-order chi connectivity index (χ0) is 18.9. The van der Waals surface area contributed by atoms with Crippen LogP contribution in [0.1, 0.15) is 18.9 Å². The quantitative estimate of drug-likeness (QED) is 0.585. The number of thioether (sulfide) groups is 2. The molecule has 1 aromatic heterocycles. The number of carbonyl (C=O) groups is 1. The first-order chi connectivity index (χ1) is 12.5. The van der Waals surface area contributed by atoms with E-state index < -0.39 is 0 Å². The van der Waals surface area contributed by atoms with Gasteiger partial charge in [-0.05, 0) is 24.6 Å². The number of benzene rings is 1. The molecule has 0 N–H and O–H groups in total. The van der Waals surface area contributed by atoms with E-state index in [1.807, 2.05) is 37.3 Å². The van der Waals surface area contributed by atoms with Gasteiger partial charge in [-0.2, -0.15) is 5.26 Å². The molecule has 2 rings (SSSR count). The van der Waals surface area contributed by atoms with Gasteiger partial charge in [0.1, 0.15) is 5.75 Å². The van der Waals surface area contributed by atoms with E-state index >= 15 is 0 Å². The lowest BCUT2D eigenvalue weighted by molar-refractivity contribution is -0.128. The Balaban J connectivity index is 1.84. The molecule has 1 aromatic carbocycles. The molecule has 0 aliphatic rings. The average Bonchev–Trinajstić information content (AvgIpc) is 3.11. The smallest absolute Gasteiger partial charge is 0.235 e. The van der Waals surface area contributed by atoms with Crippen molar-refractivity contribution < 1.29 is 9.53 Å². The van der Waals surface area contributed by atoms with E-state index in [0.717, 1.165) is 20.2 Å². The normalized spacial score (nSPS) is 11.6. The van der Waals surface area contributed by atoms with Crippen molar-refractivity contribution >= 4 is 40.8 Å². The molecule has 2 aromatic rings. The molecule has 0 spiro atoms. The molecule has 138 valence electrons. The van der Waals surface area contributed by atoms with E-state index in [0.29, 0.717) is 13.0 Å². The third-order valence-corrected chi connectivity index (χ3v) is 6.77. The molecular weight excluding hydrogens is 388 g/mol. The molecular formula is C17H20N4O2S3. The van der Waals surface area contributed by atoms with Gasteiger partial charge in [0.2, 0.25) is 5.91 Å². The standard InChI is InChI=1S/C17H20N4O2S3/c1-12(15(22)21(2)10-4-9-18)25-17-20-19-16(26-17)24-11-13-5-7-14(23-3)8-6-13/h5-8,12H,4,10-11H2,1-3H3/t12-/m1/s1. The molecule has 0 bridgehead atoms. The number of ether oxygens (including phenoxy) is 1. The Bertz CT molecular complexity index is 758. The molecule has 6 nitrogen and oxygen atoms in total. The Morgan fingerprint density at radius 2 is 2.04 bits per heavy atom. The van der Waals surface area contributed by atoms with Crippen LogP contribution in [0.25, 0.3) is 0 Å². The Kier molecular flexibility index (Phi) is 8.22. The fourth-order valence-electron chi connectivity index (χ4n) is 2.01. The first-order valence-corrected chi connectivity index (χ1v) is 10.6. The first-order valence-electron chi connectivity index (χ1n) is 7.91. The minimum Gasteiger partial charge on any atom is -0.497 e. The van der Waals surface area contributed by atoms with E-state index in [1.54, 1.807) is 30.8 Å². The van der Waals surface area contributed by atoms with E-state index in [-0.39, 0.29) is 11.2 Å². The minimum atomic E-state index is -0.258. The number of rotatable bonds is 9. The maximum absolute atomic E-state index is 12.3. The van der Waals surface area contributed by atoms with Crippen molar-refractivity contribution in [2.45, 2.75) is 33.0 Å². The van der Waals surface area contributed by atoms with Crippen LogP contribution in [0.15, 0.2) is 32.9 Å². The predicted molar refractivity (Wildman–Crippen MR) is 106 cm³/mol. The van der Waals surface area contributed by atoms with E-state index in [4.69, 9.17) is 10.00 Å². The van der Waals surface area contributed by atoms with Crippen molar-refractivity contribution in [3.05, 3.63) is 29.8 Å². The van der Waals surface area contributed by atoms with Gasteiger partial charge in [-0.1, -0.05) is 47.0 Å². The third-order valence-electron chi connectivity index (χ3n) is 3.47. The van der Waals surface area contributed by atoms with E-state index in [2.05, 4.69) is 10.2 Å². The Labute approximate surface area is 165 Å². The van der Waals surface area contributed by atoms with Crippen LogP contribution in [0.3, 0.4) is 0 Å². The summed E-state index contributed by atoms with van der Waals surface area (Å²) in [5.74, 6) is 1.63. The number of methoxy groups -OCH3 is 1. The molecule has 0 unspecified atom stereocenters. The number of aromatic nitrogens is 2. The van der Waals surface area contributed by atoms with Crippen LogP contribution in [-0.4, -0.2) is 47.0 Å². The summed E-state index contributed by atoms with van der Waals surface area (Å²) in [5.41, 5.74) is 1.18. The first kappa shape index (κ1) is 20.6. The summed E-state index contributed by atoms with van der Waals surface area (Å²) in [5, 5.41) is 16.7. The summed E-state index contributed by atoms with van der Waals surface area (Å²) in [6, 6.07) is 9.98. The number of carbonyl (C=O) groups excluding carboxylic acids is 1. The molecule has 1 atom stereocenters. The van der Waals surface area contributed by atoms with Crippen molar-refractivity contribution in [1.29, 1.82) is 5.26 Å². The summed E-state index contributed by atoms with van der Waals surface area (Å²) in [6.45, 7) is 2.29. The van der Waals surface area contributed by atoms with E-state index in [1.165, 1.54) is 28.7 Å². The van der Waals surface area contributed by atoms with Crippen LogP contribution in [0, 0.1) is 11.3 Å². The Hall–Kier alpha value is -1.76. The average molecular weight is 409 g/mol. The van der Waals surface area contributed by atoms with Gasteiger partial charge in [-0.15, -0.1) is 10.2 Å². The van der Waals surface area contributed by atoms with Crippen LogP contribution in [-0.2, 0) is 10.5 Å². The van der Waals surface area contributed by atoms with Gasteiger partial charge in [0, 0.05) is 19.3 Å². The van der Waals surface area contributed by atoms with Gasteiger partial charge in [0.25, 0.3) is 0 Å². The fraction of sp³-hybridized carbons (Fsp3) is 0.412. The maximum Gasteiger partial charge on any atom is 0.235 e. The van der Waals surface area contributed by atoms with Crippen molar-refractivity contribution in [3.63, 3.8) is 0 Å². The van der Waals surface area contributed by atoms with Gasteiger partial charge in [0.15, 0.2) is 8.68 Å². The number of hydrogen-bond acceptors (Lipinski definition) is 8. The molecule has 0 aliphatic carbocycles. The Morgan fingerprint density at radius 3 is 2.69 bits per heavy atom. The Morgan fingerprint density at radius 1 is 1.35 bits per heavy atom. The molecule has 0 saturated heterocycles. The number of amides is 1. The van der Waals surface area contributed by atoms with Crippen molar-refractivity contribution in [1.82, 2.24) is 15.1 Å². The summed E-state index contributed by atoms with van der Waals surface area (Å²) in [4.78, 5) is 13.8. The molecule has 9 heteroatoms. The zero-order valence-electron chi connectivity index (χ0n) is 14.8. The fourth-order valence-corrected chi connectivity index (χ4v) is 5.24. The topological polar surface area (TPSA) is 79.1 Å². The second-order valence-electron chi connectivity index (χ2n) is 5.40. The maximum atomic E-state index is 12.3. The second kappa shape index (κ2) is 10.4. The zero-order valence-corrected chi connectivity index (χ0v) is 17.3. The van der Waals surface area contributed by atoms with Crippen molar-refractivity contribution in [2.24, 2.45) is 0 Å². The molecule has 0 saturated carbocycles. The lowest BCUT2D eigenvalue weighted by Crippen LogP contribution is -2.33. The van der Waals surface area contributed by atoms with Crippen LogP contribution >= 0.6 is 34.9 Å². The number of hydrogen-bond donors (Lipinski definition) is 0. The largest absolute Gasteiger partial charge is 0.497 e. The van der Waals surface area contributed by atoms with Crippen molar-refractivity contribution in [2.75, 3.05) is 20.7 Å². The minimum absolute atomic E-state index is 0.00659. The van der Waals surface area contributed by atoms with Gasteiger partial charge in [-0.25, -0.2) is 0 Å². The monoisotopic (exact) mass is 408 g/mol. The lowest BCUT2D eigenvalue weighted by Gasteiger charge is -2.18. The SMILES string of the molecule is COc1ccc(CSc2nnc(S[C@H](C)C(=O)N(C)CCC#N)s2)cc1. The third kappa shape index (κ3) is 6.20. The predicted octanol–water partition coefficient (Wildman–Crippen LogP) is 3.69. The lowest BCUT2D eigenvalue weighted by atomic mass is 10.2. The van der Waals surface area contributed by atoms with Crippen LogP contribution in [0.2, 0.25) is 0 Å². The number of nitriles is 1. The molecule has 0 radical (unpaired) electrons. The molecule has 0 fully saturated rings. The molecule has 1 amide bonds. The highest BCUT2D eigenvalue weighted by molar-refractivity contribution is 8.03. The highest BCUT2D eigenvalue weighted by atomic mass is 32.2. The van der Waals surface area contributed by atoms with Gasteiger partial charge in [-0.3, -0.25) is 4.79 Å². The van der Waals surface area contributed by atoms with Gasteiger partial charge >= 0.3 is 0 Å². The molecule has 26 heavy (non-hydrogen) atoms. The highest BCUT2D eigenvalue weighted by Gasteiger charge is 2.20. The van der Waals surface area contributed by atoms with Crippen LogP contribution in [0.4, 0.5) is 0 Å². The number of nitrogens with zero attached hydrogens (tertiary/aromatic N) is 4. The molecule has 0 aliphatic heterocycles. The van der Waals surface area contributed by atoms with Crippen LogP contribution in [0.5, 0.6) is 5.75 Å². The van der Waals surface area contributed by atoms with Gasteiger partial charge in [0.05, 0.1) is 24.8 Å². The summed E-state index contributed by atoms with van der Waals surface area (Å²) in [6.07, 6.45) is 0.338. The summed E-state index contributed by atoms with van der Waals surface area (Å²) < 4.78 is 6.80.